The van der Waals surface area contributed by atoms with Crippen molar-refractivity contribution in [2.24, 2.45) is 0 Å². The zero-order chi connectivity index (χ0) is 8.77. The predicted molar refractivity (Wildman–Crippen MR) is 50.3 cm³/mol. The van der Waals surface area contributed by atoms with Gasteiger partial charge in [-0.2, -0.15) is 0 Å². The molecule has 0 fully saturated rings. The second-order valence-corrected chi connectivity index (χ2v) is 4.46. The zero-order valence-corrected chi connectivity index (χ0v) is 7.60. The van der Waals surface area contributed by atoms with Crippen LogP contribution in [0.1, 0.15) is 11.7 Å². The Morgan fingerprint density at radius 2 is 2.33 bits per heavy atom. The summed E-state index contributed by atoms with van der Waals surface area (Å²) in [6.07, 6.45) is -0.662. The Balaban J connectivity index is 2.50. The Kier molecular flexibility index (Phi) is 1.90. The van der Waals surface area contributed by atoms with Gasteiger partial charge in [-0.1, -0.05) is 11.3 Å². The molecule has 0 spiro atoms. The monoisotopic (exact) mass is 204 g/mol. The molecule has 1 aromatic heterocycles. The van der Waals surface area contributed by atoms with Gasteiger partial charge in [-0.05, 0) is 11.4 Å². The smallest absolute Gasteiger partial charge is 0.205 e. The van der Waals surface area contributed by atoms with Crippen LogP contribution in [0.4, 0.5) is 5.00 Å². The number of fused-ring (bicyclic) bond motifs is 1. The number of aliphatic hydroxyl groups is 1. The maximum absolute atomic E-state index is 11.2. The van der Waals surface area contributed by atoms with Gasteiger partial charge in [-0.25, -0.2) is 0 Å². The summed E-state index contributed by atoms with van der Waals surface area (Å²) in [6, 6.07) is 1.63. The van der Waals surface area contributed by atoms with Crippen LogP contribution in [-0.4, -0.2) is 10.9 Å². The molecule has 2 heterocycles. The highest BCUT2D eigenvalue weighted by molar-refractivity contribution is 7.99. The Morgan fingerprint density at radius 1 is 1.58 bits per heavy atom. The molecule has 0 amide bonds. The largest absolute Gasteiger partial charge is 0.613 e. The third-order valence-corrected chi connectivity index (χ3v) is 3.76. The van der Waals surface area contributed by atoms with Crippen LogP contribution in [0.3, 0.4) is 0 Å². The number of nitrogens with zero attached hydrogens (tertiary/aromatic N) is 1. The van der Waals surface area contributed by atoms with Crippen molar-refractivity contribution < 1.29 is 5.11 Å². The maximum atomic E-state index is 11.2. The van der Waals surface area contributed by atoms with Crippen molar-refractivity contribution >= 4 is 28.3 Å². The number of thiophene rings is 1. The summed E-state index contributed by atoms with van der Waals surface area (Å²) in [7, 11) is 0. The van der Waals surface area contributed by atoms with Crippen molar-refractivity contribution in [1.29, 1.82) is 0 Å². The first-order valence-electron chi connectivity index (χ1n) is 3.33. The highest BCUT2D eigenvalue weighted by Crippen LogP contribution is 2.46. The van der Waals surface area contributed by atoms with Crippen molar-refractivity contribution in [3.8, 4) is 0 Å². The molecule has 66 valence electrons. The van der Waals surface area contributed by atoms with Gasteiger partial charge in [0.1, 0.15) is 6.10 Å². The van der Waals surface area contributed by atoms with E-state index < -0.39 is 10.3 Å². The van der Waals surface area contributed by atoms with Gasteiger partial charge in [0.2, 0.25) is 5.00 Å². The van der Waals surface area contributed by atoms with E-state index in [-0.39, 0.29) is 10.8 Å². The number of hydrogen-bond acceptors (Lipinski definition) is 5. The lowest BCUT2D eigenvalue weighted by Crippen LogP contribution is -2.32. The van der Waals surface area contributed by atoms with Crippen molar-refractivity contribution in [1.82, 2.24) is 4.21 Å². The van der Waals surface area contributed by atoms with E-state index >= 15 is 0 Å². The highest BCUT2D eigenvalue weighted by atomic mass is 32.2. The topological polar surface area (TPSA) is 66.3 Å². The lowest BCUT2D eigenvalue weighted by molar-refractivity contribution is 0.201. The molecule has 1 aliphatic rings. The molecular formula is C6H6NO3S2-. The van der Waals surface area contributed by atoms with Gasteiger partial charge in [0.05, 0.1) is 23.3 Å². The van der Waals surface area contributed by atoms with E-state index in [1.165, 1.54) is 0 Å². The first-order chi connectivity index (χ1) is 5.61. The van der Waals surface area contributed by atoms with Crippen LogP contribution in [0.5, 0.6) is 0 Å². The number of rotatable bonds is 0. The van der Waals surface area contributed by atoms with Gasteiger partial charge in [-0.3, -0.25) is 4.21 Å². The molecule has 0 saturated heterocycles. The van der Waals surface area contributed by atoms with Crippen molar-refractivity contribution in [2.45, 2.75) is 6.10 Å². The first-order valence-corrected chi connectivity index (χ1v) is 5.15. The first kappa shape index (κ1) is 8.49. The summed E-state index contributed by atoms with van der Waals surface area (Å²) in [5.74, 6) is 0.177. The molecule has 1 aromatic rings. The summed E-state index contributed by atoms with van der Waals surface area (Å²) in [6.45, 7) is 0. The second kappa shape index (κ2) is 2.69. The molecule has 1 atom stereocenters. The molecule has 4 nitrogen and oxygen atoms in total. The lowest BCUT2D eigenvalue weighted by Gasteiger charge is -2.45. The molecule has 0 aromatic carbocycles. The molecular weight excluding hydrogens is 198 g/mol. The van der Waals surface area contributed by atoms with Gasteiger partial charge in [0.25, 0.3) is 0 Å². The van der Waals surface area contributed by atoms with Crippen LogP contribution < -0.4 is 4.21 Å². The minimum absolute atomic E-state index is 0.166. The lowest BCUT2D eigenvalue weighted by atomic mass is 10.2. The minimum Gasteiger partial charge on any atom is -0.613 e. The van der Waals surface area contributed by atoms with Crippen LogP contribution in [0.25, 0.3) is 0 Å². The van der Waals surface area contributed by atoms with Gasteiger partial charge in [0, 0.05) is 0 Å². The fraction of sp³-hybridized carbons (Fsp3) is 0.333. The molecule has 0 saturated carbocycles. The Morgan fingerprint density at radius 3 is 3.00 bits per heavy atom. The fourth-order valence-corrected chi connectivity index (χ4v) is 2.94. The van der Waals surface area contributed by atoms with Crippen molar-refractivity contribution in [3.05, 3.63) is 27.4 Å². The van der Waals surface area contributed by atoms with Crippen LogP contribution in [0.15, 0.2) is 11.4 Å². The summed E-state index contributed by atoms with van der Waals surface area (Å²) < 4.78 is -1.66. The summed E-state index contributed by atoms with van der Waals surface area (Å²) >= 11 is 1.77. The SMILES string of the molecule is [O-][N+]1([O-])SCC(O)c2ccsc21. The van der Waals surface area contributed by atoms with E-state index in [0.717, 1.165) is 11.3 Å². The van der Waals surface area contributed by atoms with Crippen LogP contribution in [-0.2, 0) is 0 Å². The van der Waals surface area contributed by atoms with E-state index in [9.17, 15) is 15.5 Å². The molecule has 1 unspecified atom stereocenters. The zero-order valence-electron chi connectivity index (χ0n) is 5.97. The third-order valence-electron chi connectivity index (χ3n) is 1.68. The average molecular weight is 204 g/mol. The molecule has 0 radical (unpaired) electrons. The standard InChI is InChI=1S/C6H6NO3S2/c8-5-3-12-7(9,10)6-4(5)1-2-11-6/h1-2,5,8H,3H2/q-1. The van der Waals surface area contributed by atoms with Gasteiger partial charge >= 0.3 is 0 Å². The normalized spacial score (nSPS) is 26.8. The fourth-order valence-electron chi connectivity index (χ4n) is 1.10. The third kappa shape index (κ3) is 1.17. The van der Waals surface area contributed by atoms with Gasteiger partial charge in [-0.15, -0.1) is 0 Å². The Hall–Kier alpha value is -0.110. The summed E-state index contributed by atoms with van der Waals surface area (Å²) in [5.41, 5.74) is 0.490. The van der Waals surface area contributed by atoms with Crippen molar-refractivity contribution in [2.75, 3.05) is 5.75 Å². The van der Waals surface area contributed by atoms with Crippen LogP contribution in [0, 0.1) is 10.4 Å². The molecule has 0 bridgehead atoms. The summed E-state index contributed by atoms with van der Waals surface area (Å²) in [4.78, 5) is 0. The van der Waals surface area contributed by atoms with E-state index in [4.69, 9.17) is 0 Å². The quantitative estimate of drug-likeness (QED) is 0.397. The van der Waals surface area contributed by atoms with Crippen LogP contribution in [0.2, 0.25) is 0 Å². The van der Waals surface area contributed by atoms with E-state index in [2.05, 4.69) is 0 Å². The number of aliphatic hydroxyl groups excluding tert-OH is 1. The Labute approximate surface area is 77.3 Å². The van der Waals surface area contributed by atoms with Crippen molar-refractivity contribution in [3.63, 3.8) is 0 Å². The maximum Gasteiger partial charge on any atom is 0.205 e. The number of quaternary nitrogens is 1. The minimum atomic E-state index is -1.66. The summed E-state index contributed by atoms with van der Waals surface area (Å²) in [5, 5.41) is 33.6. The molecule has 12 heavy (non-hydrogen) atoms. The molecule has 1 aliphatic heterocycles. The predicted octanol–water partition coefficient (Wildman–Crippen LogP) is 1.75. The molecule has 6 heteroatoms. The van der Waals surface area contributed by atoms with Gasteiger partial charge in [0.15, 0.2) is 0 Å². The Bertz CT molecular complexity index is 299. The molecule has 0 aliphatic carbocycles. The molecule has 2 rings (SSSR count). The number of hydrogen-bond donors (Lipinski definition) is 1. The van der Waals surface area contributed by atoms with E-state index in [0.29, 0.717) is 17.5 Å². The average Bonchev–Trinajstić information content (AvgIpc) is 2.46. The van der Waals surface area contributed by atoms with E-state index in [1.54, 1.807) is 11.4 Å². The van der Waals surface area contributed by atoms with E-state index in [1.807, 2.05) is 0 Å². The highest BCUT2D eigenvalue weighted by Gasteiger charge is 2.30. The van der Waals surface area contributed by atoms with Crippen LogP contribution >= 0.6 is 23.3 Å². The second-order valence-electron chi connectivity index (χ2n) is 2.49. The van der Waals surface area contributed by atoms with Gasteiger partial charge < -0.3 is 15.5 Å². The molecule has 1 N–H and O–H groups in total.